The third-order valence-corrected chi connectivity index (χ3v) is 5.57. The second-order valence-corrected chi connectivity index (χ2v) is 7.77. The van der Waals surface area contributed by atoms with Crippen molar-refractivity contribution >= 4 is 22.1 Å². The van der Waals surface area contributed by atoms with Gasteiger partial charge in [-0.2, -0.15) is 0 Å². The lowest BCUT2D eigenvalue weighted by molar-refractivity contribution is 0.655. The maximum absolute atomic E-state index is 6.33. The fourth-order valence-electron chi connectivity index (χ4n) is 4.37. The van der Waals surface area contributed by atoms with Gasteiger partial charge in [-0.3, -0.25) is 4.98 Å². The Kier molecular flexibility index (Phi) is 3.99. The molecule has 3 aromatic heterocycles. The lowest BCUT2D eigenvalue weighted by atomic mass is 9.96. The second-order valence-electron chi connectivity index (χ2n) is 7.77. The van der Waals surface area contributed by atoms with Gasteiger partial charge in [0.25, 0.3) is 0 Å². The van der Waals surface area contributed by atoms with Crippen LogP contribution in [0.5, 0.6) is 0 Å². The Bertz CT molecular complexity index is 1360. The summed E-state index contributed by atoms with van der Waals surface area (Å²) in [5.74, 6) is 0. The minimum Gasteiger partial charge on any atom is -0.437 e. The molecule has 0 aliphatic heterocycles. The van der Waals surface area contributed by atoms with Crippen molar-refractivity contribution in [3.8, 4) is 22.5 Å². The fraction of sp³-hybridized carbons (Fsp3) is 0.154. The van der Waals surface area contributed by atoms with Crippen LogP contribution in [0.25, 0.3) is 44.6 Å². The van der Waals surface area contributed by atoms with Gasteiger partial charge in [-0.05, 0) is 74.7 Å². The van der Waals surface area contributed by atoms with Crippen LogP contribution in [0.3, 0.4) is 0 Å². The Morgan fingerprint density at radius 2 is 1.55 bits per heavy atom. The summed E-state index contributed by atoms with van der Waals surface area (Å²) in [6.07, 6.45) is 1.81. The zero-order chi connectivity index (χ0) is 20.1. The van der Waals surface area contributed by atoms with Crippen molar-refractivity contribution in [3.63, 3.8) is 0 Å². The molecule has 0 bridgehead atoms. The number of aryl methyl sites for hydroxylation is 4. The van der Waals surface area contributed by atoms with Gasteiger partial charge in [0.15, 0.2) is 0 Å². The van der Waals surface area contributed by atoms with E-state index < -0.39 is 0 Å². The number of aromatic nitrogens is 2. The van der Waals surface area contributed by atoms with E-state index in [0.29, 0.717) is 5.71 Å². The topological polar surface area (TPSA) is 38.9 Å². The Labute approximate surface area is 170 Å². The lowest BCUT2D eigenvalue weighted by Crippen LogP contribution is -1.92. The van der Waals surface area contributed by atoms with Crippen LogP contribution in [-0.4, -0.2) is 9.97 Å². The smallest absolute Gasteiger partial charge is 0.227 e. The maximum atomic E-state index is 6.33. The third kappa shape index (κ3) is 2.82. The van der Waals surface area contributed by atoms with Crippen molar-refractivity contribution in [2.24, 2.45) is 0 Å². The van der Waals surface area contributed by atoms with Crippen molar-refractivity contribution < 1.29 is 4.42 Å². The molecule has 0 radical (unpaired) electrons. The molecule has 142 valence electrons. The summed E-state index contributed by atoms with van der Waals surface area (Å²) in [5, 5.41) is 2.15. The van der Waals surface area contributed by atoms with Crippen molar-refractivity contribution in [2.75, 3.05) is 0 Å². The normalized spacial score (nSPS) is 11.4. The number of hydrogen-bond donors (Lipinski definition) is 0. The molecule has 3 heterocycles. The highest BCUT2D eigenvalue weighted by molar-refractivity contribution is 6.10. The SMILES string of the molecule is Cc1cc(C)c(-c2ccc3c(n2)oc2c(-c4ccccn4)ccc(C)c23)c(C)c1. The quantitative estimate of drug-likeness (QED) is 0.334. The van der Waals surface area contributed by atoms with Gasteiger partial charge in [0.05, 0.1) is 11.4 Å². The van der Waals surface area contributed by atoms with E-state index in [2.05, 4.69) is 69.1 Å². The number of nitrogens with zero attached hydrogens (tertiary/aromatic N) is 2. The van der Waals surface area contributed by atoms with Crippen LogP contribution in [0.15, 0.2) is 65.2 Å². The van der Waals surface area contributed by atoms with E-state index in [1.807, 2.05) is 24.4 Å². The molecule has 0 saturated heterocycles. The van der Waals surface area contributed by atoms with Crippen LogP contribution in [0.2, 0.25) is 0 Å². The Morgan fingerprint density at radius 1 is 0.759 bits per heavy atom. The summed E-state index contributed by atoms with van der Waals surface area (Å²) < 4.78 is 6.33. The summed E-state index contributed by atoms with van der Waals surface area (Å²) in [6, 6.07) is 18.8. The predicted molar refractivity (Wildman–Crippen MR) is 119 cm³/mol. The minimum atomic E-state index is 0.670. The number of fused-ring (bicyclic) bond motifs is 3. The van der Waals surface area contributed by atoms with Gasteiger partial charge in [0, 0.05) is 28.1 Å². The lowest BCUT2D eigenvalue weighted by Gasteiger charge is -2.10. The zero-order valence-electron chi connectivity index (χ0n) is 17.1. The number of hydrogen-bond acceptors (Lipinski definition) is 3. The van der Waals surface area contributed by atoms with Gasteiger partial charge in [-0.25, -0.2) is 4.98 Å². The van der Waals surface area contributed by atoms with Gasteiger partial charge in [0.2, 0.25) is 5.71 Å². The van der Waals surface area contributed by atoms with E-state index in [1.54, 1.807) is 0 Å². The Hall–Kier alpha value is -3.46. The van der Waals surface area contributed by atoms with Gasteiger partial charge in [-0.15, -0.1) is 0 Å². The standard InChI is InChI=1S/C26H22N2O/c1-15-13-17(3)23(18(4)14-15)22-11-10-20-24-16(2)8-9-19(21-7-5-6-12-27-21)25(24)29-26(20)28-22/h5-14H,1-4H3. The molecule has 0 aliphatic rings. The van der Waals surface area contributed by atoms with Crippen LogP contribution >= 0.6 is 0 Å². The molecule has 0 fully saturated rings. The van der Waals surface area contributed by atoms with Gasteiger partial charge in [-0.1, -0.05) is 29.8 Å². The van der Waals surface area contributed by atoms with Crippen LogP contribution in [0, 0.1) is 27.7 Å². The molecular weight excluding hydrogens is 356 g/mol. The highest BCUT2D eigenvalue weighted by Crippen LogP contribution is 2.38. The predicted octanol–water partition coefficient (Wildman–Crippen LogP) is 6.94. The summed E-state index contributed by atoms with van der Waals surface area (Å²) in [6.45, 7) is 8.52. The first-order valence-electron chi connectivity index (χ1n) is 9.85. The maximum Gasteiger partial charge on any atom is 0.227 e. The third-order valence-electron chi connectivity index (χ3n) is 5.57. The highest BCUT2D eigenvalue weighted by Gasteiger charge is 2.17. The van der Waals surface area contributed by atoms with Crippen molar-refractivity contribution in [1.82, 2.24) is 9.97 Å². The molecule has 0 aliphatic carbocycles. The fourth-order valence-corrected chi connectivity index (χ4v) is 4.37. The van der Waals surface area contributed by atoms with Gasteiger partial charge in [0.1, 0.15) is 5.58 Å². The molecule has 3 nitrogen and oxygen atoms in total. The molecule has 0 N–H and O–H groups in total. The molecular formula is C26H22N2O. The van der Waals surface area contributed by atoms with Gasteiger partial charge < -0.3 is 4.42 Å². The average molecular weight is 378 g/mol. The number of pyridine rings is 2. The molecule has 0 spiro atoms. The van der Waals surface area contributed by atoms with E-state index in [1.165, 1.54) is 27.8 Å². The van der Waals surface area contributed by atoms with Crippen LogP contribution < -0.4 is 0 Å². The van der Waals surface area contributed by atoms with E-state index >= 15 is 0 Å². The van der Waals surface area contributed by atoms with Crippen LogP contribution in [0.1, 0.15) is 22.3 Å². The monoisotopic (exact) mass is 378 g/mol. The minimum absolute atomic E-state index is 0.670. The average Bonchev–Trinajstić information content (AvgIpc) is 3.07. The van der Waals surface area contributed by atoms with Crippen molar-refractivity contribution in [1.29, 1.82) is 0 Å². The first-order chi connectivity index (χ1) is 14.0. The number of benzene rings is 2. The second kappa shape index (κ2) is 6.56. The van der Waals surface area contributed by atoms with Crippen LogP contribution in [0.4, 0.5) is 0 Å². The van der Waals surface area contributed by atoms with E-state index in [9.17, 15) is 0 Å². The van der Waals surface area contributed by atoms with E-state index in [0.717, 1.165) is 33.3 Å². The summed E-state index contributed by atoms with van der Waals surface area (Å²) in [4.78, 5) is 9.44. The first kappa shape index (κ1) is 17.6. The summed E-state index contributed by atoms with van der Waals surface area (Å²) >= 11 is 0. The van der Waals surface area contributed by atoms with Crippen LogP contribution in [-0.2, 0) is 0 Å². The number of rotatable bonds is 2. The molecule has 5 rings (SSSR count). The molecule has 0 amide bonds. The summed E-state index contributed by atoms with van der Waals surface area (Å²) in [7, 11) is 0. The van der Waals surface area contributed by atoms with Crippen molar-refractivity contribution in [2.45, 2.75) is 27.7 Å². The molecule has 0 saturated carbocycles. The van der Waals surface area contributed by atoms with Crippen molar-refractivity contribution in [3.05, 3.63) is 83.0 Å². The van der Waals surface area contributed by atoms with Gasteiger partial charge >= 0.3 is 0 Å². The molecule has 2 aromatic carbocycles. The molecule has 0 atom stereocenters. The Morgan fingerprint density at radius 3 is 2.28 bits per heavy atom. The zero-order valence-corrected chi connectivity index (χ0v) is 17.1. The first-order valence-corrected chi connectivity index (χ1v) is 9.85. The molecule has 5 aromatic rings. The Balaban J connectivity index is 1.78. The highest BCUT2D eigenvalue weighted by atomic mass is 16.3. The molecule has 29 heavy (non-hydrogen) atoms. The molecule has 0 unspecified atom stereocenters. The number of furan rings is 1. The van der Waals surface area contributed by atoms with E-state index in [-0.39, 0.29) is 0 Å². The largest absolute Gasteiger partial charge is 0.437 e. The molecule has 3 heteroatoms. The van der Waals surface area contributed by atoms with E-state index in [4.69, 9.17) is 9.40 Å². The summed E-state index contributed by atoms with van der Waals surface area (Å²) in [5.41, 5.74) is 10.5.